The second-order valence-electron chi connectivity index (χ2n) is 10.6. The summed E-state index contributed by atoms with van der Waals surface area (Å²) in [5.41, 5.74) is 6.30. The molecule has 0 saturated heterocycles. The summed E-state index contributed by atoms with van der Waals surface area (Å²) in [5, 5.41) is 7.67. The maximum absolute atomic E-state index is 5.24. The molecule has 0 aliphatic rings. The molecule has 3 aromatic heterocycles. The molecule has 0 radical (unpaired) electrons. The fourth-order valence-corrected chi connectivity index (χ4v) is 7.71. The Labute approximate surface area is 246 Å². The number of para-hydroxylation sites is 1. The first-order valence-corrected chi connectivity index (χ1v) is 14.9. The maximum Gasteiger partial charge on any atom is 0.159 e. The molecule has 42 heavy (non-hydrogen) atoms. The van der Waals surface area contributed by atoms with Crippen LogP contribution in [0.1, 0.15) is 0 Å². The molecule has 6 aromatic carbocycles. The van der Waals surface area contributed by atoms with E-state index in [1.165, 1.54) is 47.2 Å². The van der Waals surface area contributed by atoms with Gasteiger partial charge in [-0.2, -0.15) is 0 Å². The highest BCUT2D eigenvalue weighted by Crippen LogP contribution is 2.48. The Morgan fingerprint density at radius 3 is 1.88 bits per heavy atom. The first kappa shape index (κ1) is 23.4. The first-order valence-electron chi connectivity index (χ1n) is 14.1. The van der Waals surface area contributed by atoms with E-state index in [0.717, 1.165) is 33.8 Å². The van der Waals surface area contributed by atoms with Gasteiger partial charge >= 0.3 is 0 Å². The second kappa shape index (κ2) is 9.10. The molecule has 0 aliphatic heterocycles. The largest absolute Gasteiger partial charge is 0.304 e. The predicted octanol–water partition coefficient (Wildman–Crippen LogP) is 10.4. The molecule has 4 heteroatoms. The van der Waals surface area contributed by atoms with Gasteiger partial charge in [-0.3, -0.25) is 0 Å². The molecule has 0 unspecified atom stereocenters. The van der Waals surface area contributed by atoms with Crippen LogP contribution in [-0.4, -0.2) is 14.5 Å². The van der Waals surface area contributed by atoms with Gasteiger partial charge in [0.25, 0.3) is 0 Å². The molecular formula is C38H23N3S. The third kappa shape index (κ3) is 3.33. The number of fused-ring (bicyclic) bond motifs is 10. The maximum atomic E-state index is 5.24. The lowest BCUT2D eigenvalue weighted by Gasteiger charge is -2.15. The lowest BCUT2D eigenvalue weighted by Crippen LogP contribution is -2.02. The number of rotatable bonds is 3. The molecule has 0 atom stereocenters. The number of aromatic nitrogens is 3. The number of hydrogen-bond acceptors (Lipinski definition) is 3. The molecule has 0 saturated carbocycles. The Hall–Kier alpha value is -5.32. The summed E-state index contributed by atoms with van der Waals surface area (Å²) >= 11 is 1.87. The lowest BCUT2D eigenvalue weighted by atomic mass is 9.99. The molecule has 0 N–H and O–H groups in total. The summed E-state index contributed by atoms with van der Waals surface area (Å²) in [5.74, 6) is 0.719. The van der Waals surface area contributed by atoms with Crippen LogP contribution in [0.25, 0.3) is 81.1 Å². The van der Waals surface area contributed by atoms with E-state index in [4.69, 9.17) is 9.97 Å². The quantitative estimate of drug-likeness (QED) is 0.218. The summed E-state index contributed by atoms with van der Waals surface area (Å²) < 4.78 is 4.99. The van der Waals surface area contributed by atoms with Crippen LogP contribution in [0.2, 0.25) is 0 Å². The SMILES string of the molecule is c1ccc(-c2ncc(-n3c4ccccc4c4c5ccccc5c5c6ccccc6sc5c43)c(-c3ccccc3)n2)cc1. The fraction of sp³-hybridized carbons (Fsp3) is 0. The summed E-state index contributed by atoms with van der Waals surface area (Å²) in [4.78, 5) is 10.2. The minimum Gasteiger partial charge on any atom is -0.304 e. The summed E-state index contributed by atoms with van der Waals surface area (Å²) in [6.07, 6.45) is 2.01. The molecule has 3 nitrogen and oxygen atoms in total. The number of benzene rings is 6. The fourth-order valence-electron chi connectivity index (χ4n) is 6.45. The van der Waals surface area contributed by atoms with Crippen molar-refractivity contribution in [1.29, 1.82) is 0 Å². The van der Waals surface area contributed by atoms with Gasteiger partial charge < -0.3 is 4.57 Å². The van der Waals surface area contributed by atoms with Crippen molar-refractivity contribution in [2.75, 3.05) is 0 Å². The Kier molecular flexibility index (Phi) is 5.07. The highest BCUT2D eigenvalue weighted by atomic mass is 32.1. The molecule has 0 bridgehead atoms. The molecule has 0 fully saturated rings. The van der Waals surface area contributed by atoms with E-state index in [9.17, 15) is 0 Å². The monoisotopic (exact) mass is 553 g/mol. The first-order chi connectivity index (χ1) is 20.9. The van der Waals surface area contributed by atoms with Crippen molar-refractivity contribution in [1.82, 2.24) is 14.5 Å². The smallest absolute Gasteiger partial charge is 0.159 e. The van der Waals surface area contributed by atoms with Crippen molar-refractivity contribution < 1.29 is 0 Å². The molecule has 0 amide bonds. The Morgan fingerprint density at radius 2 is 1.12 bits per heavy atom. The van der Waals surface area contributed by atoms with E-state index in [1.807, 2.05) is 35.7 Å². The Bertz CT molecular complexity index is 2460. The molecule has 3 heterocycles. The third-order valence-electron chi connectivity index (χ3n) is 8.24. The number of hydrogen-bond donors (Lipinski definition) is 0. The molecule has 9 aromatic rings. The highest BCUT2D eigenvalue weighted by molar-refractivity contribution is 7.27. The van der Waals surface area contributed by atoms with Crippen molar-refractivity contribution in [2.45, 2.75) is 0 Å². The van der Waals surface area contributed by atoms with Crippen molar-refractivity contribution in [2.24, 2.45) is 0 Å². The van der Waals surface area contributed by atoms with Gasteiger partial charge in [0, 0.05) is 37.4 Å². The standard InChI is InChI=1S/C38H23N3S/c1-3-13-24(14-4-1)35-31(23-39-38(40-35)25-15-5-2-6-16-25)41-30-21-11-9-19-28(30)33-26-17-7-8-18-27(26)34-29-20-10-12-22-32(29)42-37(34)36(33)41/h1-23H. The van der Waals surface area contributed by atoms with Crippen molar-refractivity contribution >= 4 is 64.1 Å². The number of nitrogens with zero attached hydrogens (tertiary/aromatic N) is 3. The number of thiophene rings is 1. The van der Waals surface area contributed by atoms with Crippen LogP contribution in [-0.2, 0) is 0 Å². The second-order valence-corrected chi connectivity index (χ2v) is 11.6. The van der Waals surface area contributed by atoms with Crippen LogP contribution in [0.5, 0.6) is 0 Å². The van der Waals surface area contributed by atoms with Crippen molar-refractivity contribution in [3.8, 4) is 28.3 Å². The topological polar surface area (TPSA) is 30.7 Å². The van der Waals surface area contributed by atoms with Crippen LogP contribution in [0, 0.1) is 0 Å². The predicted molar refractivity (Wildman–Crippen MR) is 178 cm³/mol. The minimum atomic E-state index is 0.719. The van der Waals surface area contributed by atoms with E-state index < -0.39 is 0 Å². The molecular weight excluding hydrogens is 531 g/mol. The van der Waals surface area contributed by atoms with E-state index in [1.54, 1.807) is 0 Å². The Balaban J connectivity index is 1.50. The van der Waals surface area contributed by atoms with Gasteiger partial charge in [0.05, 0.1) is 33.3 Å². The average molecular weight is 554 g/mol. The van der Waals surface area contributed by atoms with Gasteiger partial charge in [0.2, 0.25) is 0 Å². The summed E-state index contributed by atoms with van der Waals surface area (Å²) in [7, 11) is 0. The zero-order valence-corrected chi connectivity index (χ0v) is 23.3. The molecule has 9 rings (SSSR count). The lowest BCUT2D eigenvalue weighted by molar-refractivity contribution is 1.09. The van der Waals surface area contributed by atoms with Crippen LogP contribution in [0.15, 0.2) is 140 Å². The molecule has 0 spiro atoms. The zero-order chi connectivity index (χ0) is 27.6. The van der Waals surface area contributed by atoms with E-state index >= 15 is 0 Å². The van der Waals surface area contributed by atoms with Gasteiger partial charge in [-0.05, 0) is 22.9 Å². The summed E-state index contributed by atoms with van der Waals surface area (Å²) in [6, 6.07) is 47.1. The third-order valence-corrected chi connectivity index (χ3v) is 9.42. The van der Waals surface area contributed by atoms with Crippen LogP contribution < -0.4 is 0 Å². The van der Waals surface area contributed by atoms with Crippen molar-refractivity contribution in [3.63, 3.8) is 0 Å². The minimum absolute atomic E-state index is 0.719. The summed E-state index contributed by atoms with van der Waals surface area (Å²) in [6.45, 7) is 0. The highest BCUT2D eigenvalue weighted by Gasteiger charge is 2.23. The van der Waals surface area contributed by atoms with Crippen LogP contribution >= 0.6 is 11.3 Å². The normalized spacial score (nSPS) is 11.8. The van der Waals surface area contributed by atoms with Crippen LogP contribution in [0.3, 0.4) is 0 Å². The molecule has 196 valence electrons. The van der Waals surface area contributed by atoms with Gasteiger partial charge in [-0.1, -0.05) is 121 Å². The van der Waals surface area contributed by atoms with Gasteiger partial charge in [-0.25, -0.2) is 9.97 Å². The molecule has 0 aliphatic carbocycles. The van der Waals surface area contributed by atoms with Gasteiger partial charge in [0.15, 0.2) is 5.82 Å². The van der Waals surface area contributed by atoms with Gasteiger partial charge in [-0.15, -0.1) is 11.3 Å². The zero-order valence-electron chi connectivity index (χ0n) is 22.5. The van der Waals surface area contributed by atoms with Gasteiger partial charge in [0.1, 0.15) is 0 Å². The van der Waals surface area contributed by atoms with E-state index in [2.05, 4.69) is 120 Å². The van der Waals surface area contributed by atoms with Crippen LogP contribution in [0.4, 0.5) is 0 Å². The average Bonchev–Trinajstić information content (AvgIpc) is 3.62. The van der Waals surface area contributed by atoms with E-state index in [-0.39, 0.29) is 0 Å². The Morgan fingerprint density at radius 1 is 0.524 bits per heavy atom. The van der Waals surface area contributed by atoms with Crippen molar-refractivity contribution in [3.05, 3.63) is 140 Å². The van der Waals surface area contributed by atoms with E-state index in [0.29, 0.717) is 0 Å².